The first kappa shape index (κ1) is 14.0. The Morgan fingerprint density at radius 1 is 1.35 bits per heavy atom. The summed E-state index contributed by atoms with van der Waals surface area (Å²) >= 11 is 0. The number of carbonyl (C=O) groups excluding carboxylic acids is 1. The average molecular weight is 276 g/mol. The van der Waals surface area contributed by atoms with E-state index in [1.807, 2.05) is 18.2 Å². The summed E-state index contributed by atoms with van der Waals surface area (Å²) in [6, 6.07) is 8.84. The van der Waals surface area contributed by atoms with Crippen molar-refractivity contribution in [1.29, 1.82) is 0 Å². The van der Waals surface area contributed by atoms with Crippen LogP contribution in [0.4, 0.5) is 0 Å². The maximum absolute atomic E-state index is 11.5. The third kappa shape index (κ3) is 3.10. The topological polar surface area (TPSA) is 86.7 Å². The van der Waals surface area contributed by atoms with E-state index in [2.05, 4.69) is 5.43 Å². The molecule has 0 fully saturated rings. The molecule has 1 amide bonds. The molecule has 0 aliphatic rings. The van der Waals surface area contributed by atoms with Crippen LogP contribution >= 0.6 is 0 Å². The third-order valence-corrected chi connectivity index (χ3v) is 2.77. The van der Waals surface area contributed by atoms with Gasteiger partial charge in [-0.2, -0.15) is 0 Å². The van der Waals surface area contributed by atoms with Crippen molar-refractivity contribution >= 4 is 5.91 Å². The molecule has 0 atom stereocenters. The molecule has 0 saturated heterocycles. The molecule has 2 aromatic rings. The lowest BCUT2D eigenvalue weighted by molar-refractivity contribution is 0.0952. The van der Waals surface area contributed by atoms with Crippen LogP contribution in [0.2, 0.25) is 0 Å². The maximum Gasteiger partial charge on any atom is 0.268 e. The summed E-state index contributed by atoms with van der Waals surface area (Å²) in [4.78, 5) is 11.5. The minimum atomic E-state index is -0.390. The number of hydrazine groups is 1. The Morgan fingerprint density at radius 2 is 2.10 bits per heavy atom. The van der Waals surface area contributed by atoms with Crippen molar-refractivity contribution in [3.8, 4) is 11.5 Å². The number of rotatable bonds is 5. The van der Waals surface area contributed by atoms with E-state index in [9.17, 15) is 4.79 Å². The molecule has 2 rings (SSSR count). The highest BCUT2D eigenvalue weighted by Gasteiger charge is 2.14. The molecule has 0 saturated carbocycles. The normalized spacial score (nSPS) is 10.2. The van der Waals surface area contributed by atoms with Crippen LogP contribution in [0.25, 0.3) is 0 Å². The Morgan fingerprint density at radius 3 is 2.80 bits per heavy atom. The molecule has 1 heterocycles. The fraction of sp³-hybridized carbons (Fsp3) is 0.214. The van der Waals surface area contributed by atoms with Crippen LogP contribution in [0.3, 0.4) is 0 Å². The van der Waals surface area contributed by atoms with E-state index in [1.165, 1.54) is 0 Å². The molecule has 0 aliphatic heterocycles. The number of methoxy groups -OCH3 is 1. The number of hydrogen-bond acceptors (Lipinski definition) is 5. The fourth-order valence-corrected chi connectivity index (χ4v) is 1.76. The van der Waals surface area contributed by atoms with Gasteiger partial charge >= 0.3 is 0 Å². The molecular formula is C14H16N2O4. The smallest absolute Gasteiger partial charge is 0.268 e. The van der Waals surface area contributed by atoms with Gasteiger partial charge in [-0.25, -0.2) is 5.84 Å². The average Bonchev–Trinajstić information content (AvgIpc) is 2.85. The molecular weight excluding hydrogens is 260 g/mol. The van der Waals surface area contributed by atoms with Crippen molar-refractivity contribution in [3.63, 3.8) is 0 Å². The van der Waals surface area contributed by atoms with Crippen LogP contribution in [0.1, 0.15) is 21.9 Å². The number of nitrogens with two attached hydrogens (primary N) is 1. The van der Waals surface area contributed by atoms with Gasteiger partial charge in [0.15, 0.2) is 0 Å². The summed E-state index contributed by atoms with van der Waals surface area (Å²) in [7, 11) is 1.59. The highest BCUT2D eigenvalue weighted by Crippen LogP contribution is 2.21. The molecule has 3 N–H and O–H groups in total. The summed E-state index contributed by atoms with van der Waals surface area (Å²) in [6.45, 7) is 1.91. The summed E-state index contributed by atoms with van der Waals surface area (Å²) in [5.41, 5.74) is 2.47. The van der Waals surface area contributed by atoms with Gasteiger partial charge in [0.05, 0.1) is 12.7 Å². The zero-order chi connectivity index (χ0) is 14.5. The molecule has 6 nitrogen and oxygen atoms in total. The van der Waals surface area contributed by atoms with Gasteiger partial charge in [-0.3, -0.25) is 10.2 Å². The lowest BCUT2D eigenvalue weighted by atomic mass is 10.2. The molecule has 1 aromatic carbocycles. The highest BCUT2D eigenvalue weighted by atomic mass is 16.5. The Labute approximate surface area is 116 Å². The quantitative estimate of drug-likeness (QED) is 0.494. The molecule has 0 spiro atoms. The SMILES string of the molecule is COc1cccc(OCc2cc(C(=O)NN)c(C)o2)c1. The minimum Gasteiger partial charge on any atom is -0.497 e. The molecule has 0 unspecified atom stereocenters. The van der Waals surface area contributed by atoms with Crippen LogP contribution in [0.5, 0.6) is 11.5 Å². The van der Waals surface area contributed by atoms with E-state index in [1.54, 1.807) is 26.2 Å². The monoisotopic (exact) mass is 276 g/mol. The molecule has 1 aromatic heterocycles. The van der Waals surface area contributed by atoms with Crippen molar-refractivity contribution in [2.45, 2.75) is 13.5 Å². The second kappa shape index (κ2) is 6.12. The highest BCUT2D eigenvalue weighted by molar-refractivity contribution is 5.94. The van der Waals surface area contributed by atoms with E-state index in [0.29, 0.717) is 28.6 Å². The molecule has 0 bridgehead atoms. The number of nitrogens with one attached hydrogen (secondary N) is 1. The minimum absolute atomic E-state index is 0.214. The summed E-state index contributed by atoms with van der Waals surface area (Å²) < 4.78 is 16.1. The van der Waals surface area contributed by atoms with Crippen molar-refractivity contribution in [2.24, 2.45) is 5.84 Å². The summed E-state index contributed by atoms with van der Waals surface area (Å²) in [5, 5.41) is 0. The molecule has 106 valence electrons. The van der Waals surface area contributed by atoms with E-state index in [0.717, 1.165) is 0 Å². The largest absolute Gasteiger partial charge is 0.497 e. The lowest BCUT2D eigenvalue weighted by Crippen LogP contribution is -2.30. The van der Waals surface area contributed by atoms with Crippen LogP contribution < -0.4 is 20.7 Å². The van der Waals surface area contributed by atoms with Gasteiger partial charge in [0.25, 0.3) is 5.91 Å². The number of carbonyl (C=O) groups is 1. The Kier molecular flexibility index (Phi) is 4.27. The van der Waals surface area contributed by atoms with Crippen LogP contribution in [-0.2, 0) is 6.61 Å². The van der Waals surface area contributed by atoms with E-state index < -0.39 is 0 Å². The first-order valence-electron chi connectivity index (χ1n) is 6.01. The number of furan rings is 1. The second-order valence-corrected chi connectivity index (χ2v) is 4.12. The lowest BCUT2D eigenvalue weighted by Gasteiger charge is -2.05. The van der Waals surface area contributed by atoms with Crippen LogP contribution in [0.15, 0.2) is 34.7 Å². The first-order chi connectivity index (χ1) is 9.63. The molecule has 6 heteroatoms. The number of aryl methyl sites for hydroxylation is 1. The predicted octanol–water partition coefficient (Wildman–Crippen LogP) is 1.78. The van der Waals surface area contributed by atoms with E-state index in [-0.39, 0.29) is 12.5 Å². The van der Waals surface area contributed by atoms with Crippen molar-refractivity contribution in [1.82, 2.24) is 5.43 Å². The third-order valence-electron chi connectivity index (χ3n) is 2.77. The number of nitrogen functional groups attached to an aromatic ring is 1. The van der Waals surface area contributed by atoms with Gasteiger partial charge in [0, 0.05) is 6.07 Å². The van der Waals surface area contributed by atoms with Crippen LogP contribution in [0, 0.1) is 6.92 Å². The molecule has 0 aliphatic carbocycles. The first-order valence-corrected chi connectivity index (χ1v) is 6.01. The Hall–Kier alpha value is -2.47. The summed E-state index contributed by atoms with van der Waals surface area (Å²) in [5.74, 6) is 7.11. The van der Waals surface area contributed by atoms with Crippen LogP contribution in [-0.4, -0.2) is 13.0 Å². The zero-order valence-corrected chi connectivity index (χ0v) is 11.3. The van der Waals surface area contributed by atoms with Gasteiger partial charge in [0.1, 0.15) is 29.6 Å². The fourth-order valence-electron chi connectivity index (χ4n) is 1.76. The van der Waals surface area contributed by atoms with Crippen molar-refractivity contribution < 1.29 is 18.7 Å². The van der Waals surface area contributed by atoms with Gasteiger partial charge in [-0.1, -0.05) is 6.07 Å². The molecule has 0 radical (unpaired) electrons. The predicted molar refractivity (Wildman–Crippen MR) is 72.4 cm³/mol. The van der Waals surface area contributed by atoms with E-state index in [4.69, 9.17) is 19.7 Å². The number of benzene rings is 1. The van der Waals surface area contributed by atoms with Gasteiger partial charge in [-0.15, -0.1) is 0 Å². The number of amides is 1. The van der Waals surface area contributed by atoms with Gasteiger partial charge in [0.2, 0.25) is 0 Å². The number of ether oxygens (including phenoxy) is 2. The maximum atomic E-state index is 11.5. The number of hydrogen-bond donors (Lipinski definition) is 2. The standard InChI is InChI=1S/C14H16N2O4/c1-9-13(14(17)16-15)7-12(20-9)8-19-11-5-3-4-10(6-11)18-2/h3-7H,8,15H2,1-2H3,(H,16,17). The molecule has 20 heavy (non-hydrogen) atoms. The zero-order valence-electron chi connectivity index (χ0n) is 11.3. The Balaban J connectivity index is 2.05. The second-order valence-electron chi connectivity index (χ2n) is 4.12. The van der Waals surface area contributed by atoms with Gasteiger partial charge < -0.3 is 13.9 Å². The summed E-state index contributed by atoms with van der Waals surface area (Å²) in [6.07, 6.45) is 0. The van der Waals surface area contributed by atoms with Gasteiger partial charge in [-0.05, 0) is 25.1 Å². The van der Waals surface area contributed by atoms with E-state index >= 15 is 0 Å². The van der Waals surface area contributed by atoms with Crippen molar-refractivity contribution in [2.75, 3.05) is 7.11 Å². The Bertz CT molecular complexity index is 607. The van der Waals surface area contributed by atoms with Crippen molar-refractivity contribution in [3.05, 3.63) is 47.4 Å².